The van der Waals surface area contributed by atoms with Gasteiger partial charge in [-0.05, 0) is 20.3 Å². The molecule has 0 aromatic carbocycles. The van der Waals surface area contributed by atoms with Crippen molar-refractivity contribution in [3.8, 4) is 0 Å². The minimum Gasteiger partial charge on any atom is -0.238 e. The van der Waals surface area contributed by atoms with E-state index in [-0.39, 0.29) is 0 Å². The standard InChI is InChI=1S/C7H17N2/c1-4-5-6-8-9-7(2)3/h7,9H,4-6H2,1-3H3. The lowest BCUT2D eigenvalue weighted by atomic mass is 10.3. The van der Waals surface area contributed by atoms with E-state index < -0.39 is 0 Å². The second-order valence-corrected chi connectivity index (χ2v) is 2.52. The van der Waals surface area contributed by atoms with Gasteiger partial charge in [-0.15, -0.1) is 0 Å². The van der Waals surface area contributed by atoms with Gasteiger partial charge in [-0.1, -0.05) is 13.3 Å². The van der Waals surface area contributed by atoms with Crippen molar-refractivity contribution >= 4 is 0 Å². The molecular formula is C7H17N2. The molecular weight excluding hydrogens is 112 g/mol. The second kappa shape index (κ2) is 6.05. The zero-order chi connectivity index (χ0) is 7.11. The molecule has 0 saturated heterocycles. The second-order valence-electron chi connectivity index (χ2n) is 2.52. The molecule has 55 valence electrons. The van der Waals surface area contributed by atoms with Gasteiger partial charge in [0.2, 0.25) is 0 Å². The quantitative estimate of drug-likeness (QED) is 0.439. The van der Waals surface area contributed by atoms with Crippen LogP contribution in [0.4, 0.5) is 0 Å². The maximum absolute atomic E-state index is 4.11. The smallest absolute Gasteiger partial charge is 0.0304 e. The summed E-state index contributed by atoms with van der Waals surface area (Å²) in [7, 11) is 0. The van der Waals surface area contributed by atoms with Gasteiger partial charge in [-0.3, -0.25) is 0 Å². The van der Waals surface area contributed by atoms with Crippen LogP contribution in [-0.4, -0.2) is 12.6 Å². The monoisotopic (exact) mass is 129 g/mol. The predicted molar refractivity (Wildman–Crippen MR) is 40.2 cm³/mol. The molecule has 0 aliphatic rings. The van der Waals surface area contributed by atoms with Gasteiger partial charge in [-0.25, -0.2) is 5.43 Å². The third-order valence-electron chi connectivity index (χ3n) is 0.973. The van der Waals surface area contributed by atoms with E-state index in [0.29, 0.717) is 6.04 Å². The average Bonchev–Trinajstić information content (AvgIpc) is 1.80. The Hall–Kier alpha value is -0.0800. The molecule has 0 amide bonds. The summed E-state index contributed by atoms with van der Waals surface area (Å²) >= 11 is 0. The van der Waals surface area contributed by atoms with Crippen LogP contribution in [0.15, 0.2) is 0 Å². The Bertz CT molecular complexity index is 52.9. The number of nitrogens with zero attached hydrogens (tertiary/aromatic N) is 1. The first kappa shape index (κ1) is 8.92. The van der Waals surface area contributed by atoms with Crippen molar-refractivity contribution in [2.75, 3.05) is 6.54 Å². The maximum atomic E-state index is 4.11. The molecule has 1 N–H and O–H groups in total. The van der Waals surface area contributed by atoms with E-state index in [2.05, 4.69) is 31.6 Å². The van der Waals surface area contributed by atoms with E-state index in [0.717, 1.165) is 6.54 Å². The number of rotatable bonds is 5. The third-order valence-corrected chi connectivity index (χ3v) is 0.973. The van der Waals surface area contributed by atoms with Crippen LogP contribution in [0.2, 0.25) is 0 Å². The van der Waals surface area contributed by atoms with E-state index >= 15 is 0 Å². The fraction of sp³-hybridized carbons (Fsp3) is 1.00. The number of hydrogen-bond acceptors (Lipinski definition) is 1. The van der Waals surface area contributed by atoms with Crippen LogP contribution in [0.3, 0.4) is 0 Å². The zero-order valence-electron chi connectivity index (χ0n) is 6.65. The lowest BCUT2D eigenvalue weighted by Gasteiger charge is -2.05. The molecule has 1 radical (unpaired) electrons. The fourth-order valence-electron chi connectivity index (χ4n) is 0.484. The van der Waals surface area contributed by atoms with E-state index in [4.69, 9.17) is 0 Å². The lowest BCUT2D eigenvalue weighted by molar-refractivity contribution is 0.455. The predicted octanol–water partition coefficient (Wildman–Crippen LogP) is 1.30. The summed E-state index contributed by atoms with van der Waals surface area (Å²) in [5.74, 6) is 0. The molecule has 0 spiro atoms. The molecule has 0 saturated carbocycles. The molecule has 0 rings (SSSR count). The van der Waals surface area contributed by atoms with Gasteiger partial charge >= 0.3 is 0 Å². The minimum atomic E-state index is 0.488. The van der Waals surface area contributed by atoms with Gasteiger partial charge in [-0.2, -0.15) is 5.43 Å². The van der Waals surface area contributed by atoms with Crippen molar-refractivity contribution in [2.24, 2.45) is 0 Å². The number of unbranched alkanes of at least 4 members (excludes halogenated alkanes) is 1. The van der Waals surface area contributed by atoms with Crippen LogP contribution in [0.1, 0.15) is 33.6 Å². The molecule has 0 aromatic rings. The van der Waals surface area contributed by atoms with E-state index in [1.165, 1.54) is 12.8 Å². The highest BCUT2D eigenvalue weighted by Gasteiger charge is 1.89. The highest BCUT2D eigenvalue weighted by Crippen LogP contribution is 1.82. The molecule has 9 heavy (non-hydrogen) atoms. The Morgan fingerprint density at radius 1 is 1.44 bits per heavy atom. The van der Waals surface area contributed by atoms with Gasteiger partial charge in [0.15, 0.2) is 0 Å². The molecule has 0 fully saturated rings. The maximum Gasteiger partial charge on any atom is 0.0304 e. The number of nitrogens with one attached hydrogen (secondary N) is 1. The van der Waals surface area contributed by atoms with Crippen molar-refractivity contribution in [2.45, 2.75) is 39.7 Å². The Balaban J connectivity index is 2.75. The SMILES string of the molecule is CCCC[N]NC(C)C. The summed E-state index contributed by atoms with van der Waals surface area (Å²) in [6.45, 7) is 7.31. The van der Waals surface area contributed by atoms with Crippen LogP contribution >= 0.6 is 0 Å². The largest absolute Gasteiger partial charge is 0.238 e. The van der Waals surface area contributed by atoms with Gasteiger partial charge in [0.25, 0.3) is 0 Å². The van der Waals surface area contributed by atoms with Crippen molar-refractivity contribution in [1.82, 2.24) is 10.9 Å². The van der Waals surface area contributed by atoms with Crippen molar-refractivity contribution in [3.05, 3.63) is 0 Å². The molecule has 0 aliphatic carbocycles. The molecule has 2 nitrogen and oxygen atoms in total. The van der Waals surface area contributed by atoms with Crippen LogP contribution in [0.5, 0.6) is 0 Å². The summed E-state index contributed by atoms with van der Waals surface area (Å²) in [6.07, 6.45) is 2.42. The summed E-state index contributed by atoms with van der Waals surface area (Å²) in [4.78, 5) is 0. The van der Waals surface area contributed by atoms with Gasteiger partial charge in [0.1, 0.15) is 0 Å². The molecule has 0 unspecified atom stereocenters. The molecule has 0 bridgehead atoms. The van der Waals surface area contributed by atoms with Gasteiger partial charge in [0.05, 0.1) is 0 Å². The molecule has 0 atom stereocenters. The molecule has 0 heterocycles. The average molecular weight is 129 g/mol. The number of hydrogen-bond donors (Lipinski definition) is 1. The first-order valence-corrected chi connectivity index (χ1v) is 3.69. The van der Waals surface area contributed by atoms with E-state index in [1.807, 2.05) is 0 Å². The van der Waals surface area contributed by atoms with Crippen molar-refractivity contribution < 1.29 is 0 Å². The first-order chi connectivity index (χ1) is 4.27. The summed E-state index contributed by atoms with van der Waals surface area (Å²) in [6, 6.07) is 0.488. The topological polar surface area (TPSA) is 26.1 Å². The Kier molecular flexibility index (Phi) is 5.99. The Morgan fingerprint density at radius 2 is 2.11 bits per heavy atom. The van der Waals surface area contributed by atoms with Crippen molar-refractivity contribution in [3.63, 3.8) is 0 Å². The molecule has 0 aliphatic heterocycles. The van der Waals surface area contributed by atoms with E-state index in [1.54, 1.807) is 0 Å². The van der Waals surface area contributed by atoms with Crippen LogP contribution in [0.25, 0.3) is 0 Å². The van der Waals surface area contributed by atoms with Gasteiger partial charge in [0, 0.05) is 12.6 Å². The minimum absolute atomic E-state index is 0.488. The highest BCUT2D eigenvalue weighted by atomic mass is 15.4. The van der Waals surface area contributed by atoms with Gasteiger partial charge < -0.3 is 0 Å². The Morgan fingerprint density at radius 3 is 2.56 bits per heavy atom. The normalized spacial score (nSPS) is 10.7. The molecule has 2 heteroatoms. The third kappa shape index (κ3) is 7.92. The molecule has 0 aromatic heterocycles. The van der Waals surface area contributed by atoms with Crippen molar-refractivity contribution in [1.29, 1.82) is 0 Å². The lowest BCUT2D eigenvalue weighted by Crippen LogP contribution is -2.31. The van der Waals surface area contributed by atoms with Crippen LogP contribution < -0.4 is 10.9 Å². The Labute approximate surface area is 58.0 Å². The summed E-state index contributed by atoms with van der Waals surface area (Å²) in [5.41, 5.74) is 7.12. The first-order valence-electron chi connectivity index (χ1n) is 3.69. The van der Waals surface area contributed by atoms with E-state index in [9.17, 15) is 0 Å². The zero-order valence-corrected chi connectivity index (χ0v) is 6.65. The van der Waals surface area contributed by atoms with Crippen LogP contribution in [-0.2, 0) is 0 Å². The highest BCUT2D eigenvalue weighted by molar-refractivity contribution is 4.46. The summed E-state index contributed by atoms with van der Waals surface area (Å²) < 4.78 is 0. The fourth-order valence-corrected chi connectivity index (χ4v) is 0.484. The summed E-state index contributed by atoms with van der Waals surface area (Å²) in [5, 5.41) is 0. The van der Waals surface area contributed by atoms with Crippen LogP contribution in [0, 0.1) is 0 Å².